The number of nitrogens with zero attached hydrogens (tertiary/aromatic N) is 3. The van der Waals surface area contributed by atoms with E-state index in [4.69, 9.17) is 0 Å². The number of anilines is 1. The topological polar surface area (TPSA) is 70.2 Å². The van der Waals surface area contributed by atoms with Crippen LogP contribution in [0.2, 0.25) is 0 Å². The molecule has 6 nitrogen and oxygen atoms in total. The number of hydrogen-bond donors (Lipinski definition) is 2. The predicted octanol–water partition coefficient (Wildman–Crippen LogP) is 3.22. The number of rotatable bonds is 7. The minimum absolute atomic E-state index is 0.0950. The lowest BCUT2D eigenvalue weighted by molar-refractivity contribution is 0.207. The van der Waals surface area contributed by atoms with Crippen LogP contribution in [0.4, 0.5) is 10.5 Å². The Balaban J connectivity index is 1.72. The highest BCUT2D eigenvalue weighted by molar-refractivity contribution is 7.09. The minimum atomic E-state index is -0.0950. The fourth-order valence-corrected chi connectivity index (χ4v) is 2.97. The van der Waals surface area contributed by atoms with Crippen molar-refractivity contribution >= 4 is 23.1 Å². The number of thiazole rings is 1. The number of carbonyl (C=O) groups is 1. The third kappa shape index (κ3) is 5.19. The number of hydrogen-bond acceptors (Lipinski definition) is 5. The minimum Gasteiger partial charge on any atom is -0.383 e. The van der Waals surface area contributed by atoms with Gasteiger partial charge in [-0.05, 0) is 18.6 Å². The molecule has 7 heteroatoms. The van der Waals surface area contributed by atoms with E-state index in [1.807, 2.05) is 24.6 Å². The molecule has 2 amide bonds. The van der Waals surface area contributed by atoms with E-state index in [0.29, 0.717) is 25.6 Å². The first-order chi connectivity index (χ1) is 11.5. The van der Waals surface area contributed by atoms with Crippen LogP contribution in [0.1, 0.15) is 36.0 Å². The summed E-state index contributed by atoms with van der Waals surface area (Å²) in [6, 6.07) is 1.83. The standard InChI is InChI=1S/C17H25N5OS/c1-12(2)16-21-14(11-24-16)10-22(4)17(23)20-8-7-19-15-5-6-18-9-13(15)3/h5-6,9,11-12H,7-8,10H2,1-4H3,(H,18,19)(H,20,23). The summed E-state index contributed by atoms with van der Waals surface area (Å²) in [6.07, 6.45) is 3.56. The second-order valence-electron chi connectivity index (χ2n) is 6.04. The Morgan fingerprint density at radius 3 is 2.83 bits per heavy atom. The van der Waals surface area contributed by atoms with Crippen molar-refractivity contribution in [3.05, 3.63) is 40.1 Å². The maximum absolute atomic E-state index is 12.1. The van der Waals surface area contributed by atoms with Gasteiger partial charge in [-0.1, -0.05) is 13.8 Å². The molecule has 24 heavy (non-hydrogen) atoms. The van der Waals surface area contributed by atoms with Gasteiger partial charge in [0, 0.05) is 49.5 Å². The third-order valence-electron chi connectivity index (χ3n) is 3.55. The maximum atomic E-state index is 12.1. The Labute approximate surface area is 147 Å². The first-order valence-corrected chi connectivity index (χ1v) is 8.93. The molecule has 0 saturated heterocycles. The number of amides is 2. The molecule has 0 bridgehead atoms. The number of aryl methyl sites for hydroxylation is 1. The van der Waals surface area contributed by atoms with Gasteiger partial charge in [-0.2, -0.15) is 0 Å². The van der Waals surface area contributed by atoms with E-state index in [-0.39, 0.29) is 6.03 Å². The molecule has 0 aliphatic carbocycles. The summed E-state index contributed by atoms with van der Waals surface area (Å²) >= 11 is 1.65. The second kappa shape index (κ2) is 8.63. The summed E-state index contributed by atoms with van der Waals surface area (Å²) in [7, 11) is 1.78. The highest BCUT2D eigenvalue weighted by atomic mass is 32.1. The van der Waals surface area contributed by atoms with Crippen molar-refractivity contribution in [2.45, 2.75) is 33.2 Å². The van der Waals surface area contributed by atoms with Crippen molar-refractivity contribution in [2.75, 3.05) is 25.5 Å². The predicted molar refractivity (Wildman–Crippen MR) is 98.5 cm³/mol. The van der Waals surface area contributed by atoms with Gasteiger partial charge in [0.1, 0.15) is 0 Å². The molecule has 2 N–H and O–H groups in total. The zero-order valence-corrected chi connectivity index (χ0v) is 15.5. The third-order valence-corrected chi connectivity index (χ3v) is 4.74. The van der Waals surface area contributed by atoms with E-state index in [2.05, 4.69) is 34.4 Å². The van der Waals surface area contributed by atoms with Crippen LogP contribution in [-0.4, -0.2) is 41.0 Å². The number of nitrogens with one attached hydrogen (secondary N) is 2. The summed E-state index contributed by atoms with van der Waals surface area (Å²) in [5.41, 5.74) is 3.06. The lowest BCUT2D eigenvalue weighted by Gasteiger charge is -2.17. The molecular formula is C17H25N5OS. The zero-order valence-electron chi connectivity index (χ0n) is 14.7. The molecule has 130 valence electrons. The van der Waals surface area contributed by atoms with Gasteiger partial charge in [-0.25, -0.2) is 9.78 Å². The fourth-order valence-electron chi connectivity index (χ4n) is 2.15. The van der Waals surface area contributed by atoms with Gasteiger partial charge in [-0.3, -0.25) is 4.98 Å². The molecule has 0 saturated carbocycles. The Hall–Kier alpha value is -2.15. The number of urea groups is 1. The molecule has 0 aliphatic rings. The van der Waals surface area contributed by atoms with E-state index in [9.17, 15) is 4.79 Å². The maximum Gasteiger partial charge on any atom is 0.317 e. The van der Waals surface area contributed by atoms with Gasteiger partial charge in [0.05, 0.1) is 17.2 Å². The molecule has 2 rings (SSSR count). The van der Waals surface area contributed by atoms with Crippen LogP contribution in [0.15, 0.2) is 23.8 Å². The van der Waals surface area contributed by atoms with Crippen LogP contribution in [-0.2, 0) is 6.54 Å². The van der Waals surface area contributed by atoms with Crippen LogP contribution in [0.5, 0.6) is 0 Å². The average Bonchev–Trinajstić information content (AvgIpc) is 3.01. The van der Waals surface area contributed by atoms with Gasteiger partial charge >= 0.3 is 6.03 Å². The van der Waals surface area contributed by atoms with Gasteiger partial charge in [0.15, 0.2) is 0 Å². The number of carbonyl (C=O) groups excluding carboxylic acids is 1. The van der Waals surface area contributed by atoms with Crippen molar-refractivity contribution in [3.63, 3.8) is 0 Å². The quantitative estimate of drug-likeness (QED) is 0.755. The zero-order chi connectivity index (χ0) is 17.5. The van der Waals surface area contributed by atoms with Crippen LogP contribution in [0.3, 0.4) is 0 Å². The van der Waals surface area contributed by atoms with E-state index >= 15 is 0 Å². The Morgan fingerprint density at radius 2 is 2.17 bits per heavy atom. The second-order valence-corrected chi connectivity index (χ2v) is 6.93. The summed E-state index contributed by atoms with van der Waals surface area (Å²) in [6.45, 7) is 7.98. The number of aromatic nitrogens is 2. The van der Waals surface area contributed by atoms with Crippen LogP contribution < -0.4 is 10.6 Å². The normalized spacial score (nSPS) is 10.7. The van der Waals surface area contributed by atoms with E-state index < -0.39 is 0 Å². The molecule has 2 aromatic heterocycles. The van der Waals surface area contributed by atoms with E-state index in [0.717, 1.165) is 22.0 Å². The molecule has 2 heterocycles. The van der Waals surface area contributed by atoms with Crippen molar-refractivity contribution in [3.8, 4) is 0 Å². The molecule has 0 fully saturated rings. The van der Waals surface area contributed by atoms with Gasteiger partial charge in [0.2, 0.25) is 0 Å². The summed E-state index contributed by atoms with van der Waals surface area (Å²) < 4.78 is 0. The molecule has 2 aromatic rings. The summed E-state index contributed by atoms with van der Waals surface area (Å²) in [5.74, 6) is 0.422. The largest absolute Gasteiger partial charge is 0.383 e. The van der Waals surface area contributed by atoms with Crippen molar-refractivity contribution < 1.29 is 4.79 Å². The molecule has 0 radical (unpaired) electrons. The van der Waals surface area contributed by atoms with Crippen molar-refractivity contribution in [2.24, 2.45) is 0 Å². The molecule has 0 spiro atoms. The van der Waals surface area contributed by atoms with E-state index in [1.165, 1.54) is 0 Å². The Morgan fingerprint density at radius 1 is 1.38 bits per heavy atom. The van der Waals surface area contributed by atoms with Crippen LogP contribution >= 0.6 is 11.3 Å². The number of pyridine rings is 1. The average molecular weight is 347 g/mol. The highest BCUT2D eigenvalue weighted by Crippen LogP contribution is 2.19. The molecule has 0 atom stereocenters. The van der Waals surface area contributed by atoms with Crippen molar-refractivity contribution in [1.82, 2.24) is 20.2 Å². The fraction of sp³-hybridized carbons (Fsp3) is 0.471. The smallest absolute Gasteiger partial charge is 0.317 e. The molecule has 0 aromatic carbocycles. The lowest BCUT2D eigenvalue weighted by Crippen LogP contribution is -2.39. The highest BCUT2D eigenvalue weighted by Gasteiger charge is 2.12. The lowest BCUT2D eigenvalue weighted by atomic mass is 10.2. The molecular weight excluding hydrogens is 322 g/mol. The molecule has 0 aliphatic heterocycles. The Kier molecular flexibility index (Phi) is 6.54. The first-order valence-electron chi connectivity index (χ1n) is 8.05. The monoisotopic (exact) mass is 347 g/mol. The van der Waals surface area contributed by atoms with Crippen LogP contribution in [0.25, 0.3) is 0 Å². The van der Waals surface area contributed by atoms with Gasteiger partial charge < -0.3 is 15.5 Å². The van der Waals surface area contributed by atoms with Crippen LogP contribution in [0, 0.1) is 6.92 Å². The molecule has 0 unspecified atom stereocenters. The van der Waals surface area contributed by atoms with Gasteiger partial charge in [0.25, 0.3) is 0 Å². The Bertz CT molecular complexity index is 671. The van der Waals surface area contributed by atoms with Gasteiger partial charge in [-0.15, -0.1) is 11.3 Å². The first kappa shape index (κ1) is 18.2. The van der Waals surface area contributed by atoms with Crippen molar-refractivity contribution in [1.29, 1.82) is 0 Å². The summed E-state index contributed by atoms with van der Waals surface area (Å²) in [4.78, 5) is 22.4. The summed E-state index contributed by atoms with van der Waals surface area (Å²) in [5, 5.41) is 9.32. The SMILES string of the molecule is Cc1cnccc1NCCNC(=O)N(C)Cc1csc(C(C)C)n1. The van der Waals surface area contributed by atoms with E-state index in [1.54, 1.807) is 29.5 Å².